The Kier molecular flexibility index (Phi) is 3.45. The molecule has 1 aliphatic rings. The highest BCUT2D eigenvalue weighted by molar-refractivity contribution is 5.94. The van der Waals surface area contributed by atoms with E-state index in [1.54, 1.807) is 12.1 Å². The van der Waals surface area contributed by atoms with Crippen molar-refractivity contribution >= 4 is 5.91 Å². The maximum absolute atomic E-state index is 11.8. The van der Waals surface area contributed by atoms with Gasteiger partial charge in [0.2, 0.25) is 0 Å². The van der Waals surface area contributed by atoms with Crippen LogP contribution in [0.25, 0.3) is 0 Å². The first kappa shape index (κ1) is 12.1. The van der Waals surface area contributed by atoms with Crippen LogP contribution in [0.1, 0.15) is 22.8 Å². The number of nitrogens with two attached hydrogens (primary N) is 1. The molecule has 4 heteroatoms. The molecule has 17 heavy (non-hydrogen) atoms. The average molecular weight is 234 g/mol. The predicted octanol–water partition coefficient (Wildman–Crippen LogP) is 0.912. The van der Waals surface area contributed by atoms with Crippen molar-refractivity contribution in [1.29, 1.82) is 0 Å². The molecule has 0 bridgehead atoms. The Balaban J connectivity index is 1.90. The number of benzene rings is 1. The fourth-order valence-corrected chi connectivity index (χ4v) is 1.74. The van der Waals surface area contributed by atoms with Crippen molar-refractivity contribution in [3.8, 4) is 0 Å². The Morgan fingerprint density at radius 3 is 2.53 bits per heavy atom. The van der Waals surface area contributed by atoms with Gasteiger partial charge in [0.15, 0.2) is 0 Å². The van der Waals surface area contributed by atoms with E-state index in [1.807, 2.05) is 12.1 Å². The Bertz CT molecular complexity index is 396. The van der Waals surface area contributed by atoms with Crippen molar-refractivity contribution in [2.24, 2.45) is 11.1 Å². The van der Waals surface area contributed by atoms with Gasteiger partial charge in [-0.1, -0.05) is 19.1 Å². The molecule has 0 atom stereocenters. The molecule has 0 spiro atoms. The molecule has 1 aliphatic heterocycles. The van der Waals surface area contributed by atoms with Gasteiger partial charge in [-0.3, -0.25) is 4.79 Å². The van der Waals surface area contributed by atoms with Gasteiger partial charge in [0.1, 0.15) is 0 Å². The van der Waals surface area contributed by atoms with E-state index in [0.717, 1.165) is 18.8 Å². The summed E-state index contributed by atoms with van der Waals surface area (Å²) in [5.74, 6) is -0.0401. The van der Waals surface area contributed by atoms with Gasteiger partial charge in [-0.05, 0) is 17.7 Å². The van der Waals surface area contributed by atoms with Crippen LogP contribution < -0.4 is 11.1 Å². The minimum absolute atomic E-state index is 0.0401. The first-order valence-corrected chi connectivity index (χ1v) is 5.78. The van der Waals surface area contributed by atoms with Crippen LogP contribution in [0.3, 0.4) is 0 Å². The van der Waals surface area contributed by atoms with E-state index in [-0.39, 0.29) is 11.3 Å². The smallest absolute Gasteiger partial charge is 0.251 e. The monoisotopic (exact) mass is 234 g/mol. The van der Waals surface area contributed by atoms with Crippen LogP contribution in [-0.2, 0) is 11.3 Å². The summed E-state index contributed by atoms with van der Waals surface area (Å²) in [7, 11) is 0. The number of ether oxygens (including phenoxy) is 1. The van der Waals surface area contributed by atoms with Crippen LogP contribution in [0, 0.1) is 5.41 Å². The van der Waals surface area contributed by atoms with Crippen LogP contribution in [0.5, 0.6) is 0 Å². The molecule has 1 fully saturated rings. The quantitative estimate of drug-likeness (QED) is 0.814. The van der Waals surface area contributed by atoms with Crippen LogP contribution in [0.4, 0.5) is 0 Å². The molecule has 1 amide bonds. The molecule has 2 rings (SSSR count). The first-order valence-electron chi connectivity index (χ1n) is 5.78. The van der Waals surface area contributed by atoms with E-state index in [4.69, 9.17) is 10.5 Å². The van der Waals surface area contributed by atoms with Crippen molar-refractivity contribution in [3.05, 3.63) is 35.4 Å². The number of amides is 1. The molecule has 1 aromatic carbocycles. The number of rotatable bonds is 4. The molecule has 4 nitrogen and oxygen atoms in total. The van der Waals surface area contributed by atoms with Crippen LogP contribution in [0.15, 0.2) is 24.3 Å². The van der Waals surface area contributed by atoms with E-state index in [9.17, 15) is 4.79 Å². The van der Waals surface area contributed by atoms with Crippen molar-refractivity contribution in [3.63, 3.8) is 0 Å². The molecule has 3 N–H and O–H groups in total. The zero-order valence-electron chi connectivity index (χ0n) is 10.0. The van der Waals surface area contributed by atoms with Crippen LogP contribution in [0.2, 0.25) is 0 Å². The van der Waals surface area contributed by atoms with E-state index in [1.165, 1.54) is 0 Å². The second-order valence-electron chi connectivity index (χ2n) is 4.89. The molecule has 0 aliphatic carbocycles. The fourth-order valence-electron chi connectivity index (χ4n) is 1.74. The van der Waals surface area contributed by atoms with Crippen LogP contribution >= 0.6 is 0 Å². The Hall–Kier alpha value is -1.39. The normalized spacial score (nSPS) is 17.3. The second-order valence-corrected chi connectivity index (χ2v) is 4.89. The largest absolute Gasteiger partial charge is 0.380 e. The molecule has 0 aromatic heterocycles. The zero-order valence-corrected chi connectivity index (χ0v) is 10.0. The highest BCUT2D eigenvalue weighted by atomic mass is 16.5. The summed E-state index contributed by atoms with van der Waals surface area (Å²) in [6.45, 7) is 4.70. The number of hydrogen-bond donors (Lipinski definition) is 2. The standard InChI is InChI=1S/C13H18N2O2/c1-13(8-17-9-13)7-15-12(16)11-4-2-10(6-14)3-5-11/h2-5H,6-9,14H2,1H3,(H,15,16). The lowest BCUT2D eigenvalue weighted by atomic mass is 9.88. The molecule has 1 heterocycles. The SMILES string of the molecule is CC1(CNC(=O)c2ccc(CN)cc2)COC1. The summed E-state index contributed by atoms with van der Waals surface area (Å²) < 4.78 is 5.14. The lowest BCUT2D eigenvalue weighted by Gasteiger charge is -2.38. The molecule has 92 valence electrons. The van der Waals surface area contributed by atoms with Crippen molar-refractivity contribution < 1.29 is 9.53 Å². The van der Waals surface area contributed by atoms with Gasteiger partial charge < -0.3 is 15.8 Å². The molecule has 0 unspecified atom stereocenters. The Morgan fingerprint density at radius 2 is 2.06 bits per heavy atom. The Labute approximate surface area is 101 Å². The molecular weight excluding hydrogens is 216 g/mol. The summed E-state index contributed by atoms with van der Waals surface area (Å²) in [6, 6.07) is 7.36. The van der Waals surface area contributed by atoms with E-state index < -0.39 is 0 Å². The summed E-state index contributed by atoms with van der Waals surface area (Å²) in [5.41, 5.74) is 7.31. The lowest BCUT2D eigenvalue weighted by molar-refractivity contribution is -0.0978. The van der Waals surface area contributed by atoms with Gasteiger partial charge in [-0.15, -0.1) is 0 Å². The molecule has 1 aromatic rings. The van der Waals surface area contributed by atoms with E-state index in [0.29, 0.717) is 18.7 Å². The zero-order chi connectivity index (χ0) is 12.3. The van der Waals surface area contributed by atoms with E-state index in [2.05, 4.69) is 12.2 Å². The topological polar surface area (TPSA) is 64.4 Å². The Morgan fingerprint density at radius 1 is 1.41 bits per heavy atom. The van der Waals surface area contributed by atoms with Gasteiger partial charge in [0.25, 0.3) is 5.91 Å². The fraction of sp³-hybridized carbons (Fsp3) is 0.462. The van der Waals surface area contributed by atoms with Gasteiger partial charge in [0, 0.05) is 24.1 Å². The third kappa shape index (κ3) is 2.84. The number of carbonyl (C=O) groups excluding carboxylic acids is 1. The van der Waals surface area contributed by atoms with Gasteiger partial charge in [-0.2, -0.15) is 0 Å². The third-order valence-corrected chi connectivity index (χ3v) is 3.03. The van der Waals surface area contributed by atoms with Crippen molar-refractivity contribution in [1.82, 2.24) is 5.32 Å². The van der Waals surface area contributed by atoms with Gasteiger partial charge in [-0.25, -0.2) is 0 Å². The maximum atomic E-state index is 11.8. The molecule has 0 saturated carbocycles. The van der Waals surface area contributed by atoms with Crippen LogP contribution in [-0.4, -0.2) is 25.7 Å². The molecule has 0 radical (unpaired) electrons. The predicted molar refractivity (Wildman–Crippen MR) is 65.6 cm³/mol. The lowest BCUT2D eigenvalue weighted by Crippen LogP contribution is -2.48. The van der Waals surface area contributed by atoms with Gasteiger partial charge >= 0.3 is 0 Å². The molecular formula is C13H18N2O2. The van der Waals surface area contributed by atoms with Gasteiger partial charge in [0.05, 0.1) is 13.2 Å². The maximum Gasteiger partial charge on any atom is 0.251 e. The first-order chi connectivity index (χ1) is 8.13. The number of carbonyl (C=O) groups is 1. The second kappa shape index (κ2) is 4.85. The number of nitrogens with one attached hydrogen (secondary N) is 1. The minimum atomic E-state index is -0.0401. The summed E-state index contributed by atoms with van der Waals surface area (Å²) in [6.07, 6.45) is 0. The third-order valence-electron chi connectivity index (χ3n) is 3.03. The van der Waals surface area contributed by atoms with Crippen molar-refractivity contribution in [2.45, 2.75) is 13.5 Å². The van der Waals surface area contributed by atoms with E-state index >= 15 is 0 Å². The summed E-state index contributed by atoms with van der Waals surface area (Å²) >= 11 is 0. The summed E-state index contributed by atoms with van der Waals surface area (Å²) in [5, 5.41) is 2.93. The summed E-state index contributed by atoms with van der Waals surface area (Å²) in [4.78, 5) is 11.8. The highest BCUT2D eigenvalue weighted by Crippen LogP contribution is 2.25. The average Bonchev–Trinajstić information content (AvgIpc) is 2.33. The minimum Gasteiger partial charge on any atom is -0.380 e. The van der Waals surface area contributed by atoms with Crippen molar-refractivity contribution in [2.75, 3.05) is 19.8 Å². The molecule has 1 saturated heterocycles. The number of hydrogen-bond acceptors (Lipinski definition) is 3. The highest BCUT2D eigenvalue weighted by Gasteiger charge is 2.33.